The highest BCUT2D eigenvalue weighted by molar-refractivity contribution is 6.31. The van der Waals surface area contributed by atoms with Crippen molar-refractivity contribution in [2.24, 2.45) is 0 Å². The molecule has 4 heterocycles. The van der Waals surface area contributed by atoms with E-state index in [-0.39, 0.29) is 6.79 Å². The van der Waals surface area contributed by atoms with Crippen molar-refractivity contribution in [1.82, 2.24) is 14.9 Å². The van der Waals surface area contributed by atoms with E-state index >= 15 is 0 Å². The van der Waals surface area contributed by atoms with Gasteiger partial charge in [0.25, 0.3) is 0 Å². The summed E-state index contributed by atoms with van der Waals surface area (Å²) in [7, 11) is 0. The SMILES string of the molecule is Cc1ncc2c(n1)C[C@@H]1CC[C@@H]2N1Cc1cc2c(cc1Cl)OCO2. The Balaban J connectivity index is 1.47. The van der Waals surface area contributed by atoms with Crippen LogP contribution in [-0.4, -0.2) is 27.7 Å². The van der Waals surface area contributed by atoms with Crippen molar-refractivity contribution in [2.75, 3.05) is 6.79 Å². The molecule has 24 heavy (non-hydrogen) atoms. The maximum atomic E-state index is 6.48. The largest absolute Gasteiger partial charge is 0.454 e. The highest BCUT2D eigenvalue weighted by Gasteiger charge is 2.41. The van der Waals surface area contributed by atoms with E-state index in [1.54, 1.807) is 0 Å². The Bertz CT molecular complexity index is 826. The first-order valence-electron chi connectivity index (χ1n) is 8.35. The first-order valence-corrected chi connectivity index (χ1v) is 8.73. The topological polar surface area (TPSA) is 47.5 Å². The van der Waals surface area contributed by atoms with Gasteiger partial charge in [0.2, 0.25) is 6.79 Å². The molecule has 124 valence electrons. The number of aryl methyl sites for hydroxylation is 1. The van der Waals surface area contributed by atoms with Crippen LogP contribution in [0.3, 0.4) is 0 Å². The molecular formula is C18H18ClN3O2. The maximum Gasteiger partial charge on any atom is 0.231 e. The van der Waals surface area contributed by atoms with E-state index in [1.165, 1.54) is 17.7 Å². The summed E-state index contributed by atoms with van der Waals surface area (Å²) in [6, 6.07) is 4.80. The fourth-order valence-corrected chi connectivity index (χ4v) is 4.41. The van der Waals surface area contributed by atoms with Crippen LogP contribution in [0.4, 0.5) is 0 Å². The molecule has 1 saturated heterocycles. The standard InChI is InChI=1S/C18H18ClN3O2/c1-10-20-7-13-15(21-10)5-12-2-3-16(13)22(12)8-11-4-17-18(6-14(11)19)24-9-23-17/h4,6-7,12,16H,2-3,5,8-9H2,1H3/t12-,16-/m0/s1. The van der Waals surface area contributed by atoms with Crippen LogP contribution in [0.15, 0.2) is 18.3 Å². The highest BCUT2D eigenvalue weighted by Crippen LogP contribution is 2.45. The van der Waals surface area contributed by atoms with Gasteiger partial charge in [0, 0.05) is 47.9 Å². The third-order valence-corrected chi connectivity index (χ3v) is 5.70. The summed E-state index contributed by atoms with van der Waals surface area (Å²) in [4.78, 5) is 11.6. The second kappa shape index (κ2) is 5.33. The van der Waals surface area contributed by atoms with E-state index in [0.717, 1.165) is 47.3 Å². The van der Waals surface area contributed by atoms with Crippen molar-refractivity contribution in [1.29, 1.82) is 0 Å². The first-order chi connectivity index (χ1) is 11.7. The van der Waals surface area contributed by atoms with Crippen LogP contribution < -0.4 is 9.47 Å². The molecule has 3 aliphatic rings. The lowest BCUT2D eigenvalue weighted by atomic mass is 9.98. The summed E-state index contributed by atoms with van der Waals surface area (Å²) in [5.41, 5.74) is 3.60. The van der Waals surface area contributed by atoms with Crippen molar-refractivity contribution >= 4 is 11.6 Å². The lowest BCUT2D eigenvalue weighted by Crippen LogP contribution is -2.37. The fourth-order valence-electron chi connectivity index (χ4n) is 4.20. The van der Waals surface area contributed by atoms with Gasteiger partial charge >= 0.3 is 0 Å². The van der Waals surface area contributed by atoms with Crippen molar-refractivity contribution in [2.45, 2.75) is 44.8 Å². The molecule has 2 aromatic rings. The Morgan fingerprint density at radius 3 is 2.96 bits per heavy atom. The Morgan fingerprint density at radius 2 is 2.08 bits per heavy atom. The monoisotopic (exact) mass is 343 g/mol. The van der Waals surface area contributed by atoms with E-state index < -0.39 is 0 Å². The Hall–Kier alpha value is -1.85. The number of rotatable bonds is 2. The van der Waals surface area contributed by atoms with Crippen LogP contribution in [0.25, 0.3) is 0 Å². The molecule has 1 fully saturated rings. The molecule has 3 aliphatic heterocycles. The quantitative estimate of drug-likeness (QED) is 0.836. The number of fused-ring (bicyclic) bond motifs is 5. The molecule has 0 saturated carbocycles. The minimum absolute atomic E-state index is 0.272. The molecule has 0 aliphatic carbocycles. The smallest absolute Gasteiger partial charge is 0.231 e. The van der Waals surface area contributed by atoms with E-state index in [1.807, 2.05) is 25.3 Å². The number of benzene rings is 1. The second-order valence-corrected chi connectivity index (χ2v) is 7.15. The van der Waals surface area contributed by atoms with Crippen LogP contribution in [0.5, 0.6) is 11.5 Å². The summed E-state index contributed by atoms with van der Waals surface area (Å²) in [6.07, 6.45) is 5.37. The van der Waals surface area contributed by atoms with Gasteiger partial charge in [-0.2, -0.15) is 0 Å². The Labute approximate surface area is 145 Å². The normalized spacial score (nSPS) is 24.2. The van der Waals surface area contributed by atoms with Crippen molar-refractivity contribution < 1.29 is 9.47 Å². The number of hydrogen-bond acceptors (Lipinski definition) is 5. The van der Waals surface area contributed by atoms with Crippen molar-refractivity contribution in [3.8, 4) is 11.5 Å². The molecule has 0 amide bonds. The molecule has 0 spiro atoms. The van der Waals surface area contributed by atoms with Crippen LogP contribution in [-0.2, 0) is 13.0 Å². The van der Waals surface area contributed by atoms with Crippen LogP contribution >= 0.6 is 11.6 Å². The predicted molar refractivity (Wildman–Crippen MR) is 89.4 cm³/mol. The lowest BCUT2D eigenvalue weighted by molar-refractivity contribution is 0.165. The van der Waals surface area contributed by atoms with Gasteiger partial charge in [-0.15, -0.1) is 0 Å². The number of hydrogen-bond donors (Lipinski definition) is 0. The average Bonchev–Trinajstić information content (AvgIpc) is 3.11. The number of nitrogens with zero attached hydrogens (tertiary/aromatic N) is 3. The molecule has 2 atom stereocenters. The third kappa shape index (κ3) is 2.19. The molecule has 1 aromatic carbocycles. The van der Waals surface area contributed by atoms with Crippen molar-refractivity contribution in [3.63, 3.8) is 0 Å². The number of ether oxygens (including phenoxy) is 2. The van der Waals surface area contributed by atoms with Crippen molar-refractivity contribution in [3.05, 3.63) is 46.0 Å². The van der Waals surface area contributed by atoms with Gasteiger partial charge in [0.05, 0.1) is 5.69 Å². The van der Waals surface area contributed by atoms with Gasteiger partial charge in [-0.1, -0.05) is 11.6 Å². The molecular weight excluding hydrogens is 326 g/mol. The summed E-state index contributed by atoms with van der Waals surface area (Å²) in [5, 5.41) is 0.740. The van der Waals surface area contributed by atoms with E-state index in [4.69, 9.17) is 21.1 Å². The van der Waals surface area contributed by atoms with Gasteiger partial charge in [-0.05, 0) is 31.4 Å². The van der Waals surface area contributed by atoms with E-state index in [0.29, 0.717) is 12.1 Å². The van der Waals surface area contributed by atoms with E-state index in [2.05, 4.69) is 14.9 Å². The highest BCUT2D eigenvalue weighted by atomic mass is 35.5. The Morgan fingerprint density at radius 1 is 1.25 bits per heavy atom. The van der Waals surface area contributed by atoms with Gasteiger partial charge in [0.15, 0.2) is 11.5 Å². The zero-order chi connectivity index (χ0) is 16.3. The number of halogens is 1. The van der Waals surface area contributed by atoms with Crippen LogP contribution in [0, 0.1) is 6.92 Å². The Kier molecular flexibility index (Phi) is 3.22. The van der Waals surface area contributed by atoms with Crippen LogP contribution in [0.2, 0.25) is 5.02 Å². The van der Waals surface area contributed by atoms with Gasteiger partial charge in [-0.3, -0.25) is 4.90 Å². The van der Waals surface area contributed by atoms with Gasteiger partial charge < -0.3 is 9.47 Å². The zero-order valence-electron chi connectivity index (χ0n) is 13.5. The molecule has 2 bridgehead atoms. The summed E-state index contributed by atoms with van der Waals surface area (Å²) < 4.78 is 10.9. The third-order valence-electron chi connectivity index (χ3n) is 5.35. The lowest BCUT2D eigenvalue weighted by Gasteiger charge is -2.35. The molecule has 1 aromatic heterocycles. The number of aromatic nitrogens is 2. The summed E-state index contributed by atoms with van der Waals surface area (Å²) >= 11 is 6.48. The average molecular weight is 344 g/mol. The van der Waals surface area contributed by atoms with Gasteiger partial charge in [0.1, 0.15) is 5.82 Å². The maximum absolute atomic E-state index is 6.48. The molecule has 5 rings (SSSR count). The molecule has 0 unspecified atom stereocenters. The molecule has 6 heteroatoms. The summed E-state index contributed by atoms with van der Waals surface area (Å²) in [6.45, 7) is 3.05. The minimum Gasteiger partial charge on any atom is -0.454 e. The second-order valence-electron chi connectivity index (χ2n) is 6.74. The molecule has 0 N–H and O–H groups in total. The molecule has 5 nitrogen and oxygen atoms in total. The van der Waals surface area contributed by atoms with Gasteiger partial charge in [-0.25, -0.2) is 9.97 Å². The van der Waals surface area contributed by atoms with Crippen LogP contribution in [0.1, 0.15) is 41.5 Å². The molecule has 0 radical (unpaired) electrons. The predicted octanol–water partition coefficient (Wildman–Crippen LogP) is 3.43. The minimum atomic E-state index is 0.272. The van der Waals surface area contributed by atoms with E-state index in [9.17, 15) is 0 Å². The fraction of sp³-hybridized carbons (Fsp3) is 0.444. The summed E-state index contributed by atoms with van der Waals surface area (Å²) in [5.74, 6) is 2.39. The zero-order valence-corrected chi connectivity index (χ0v) is 14.2. The first kappa shape index (κ1) is 14.5.